The number of halogens is 1. The minimum atomic E-state index is -0.518. The number of nitro groups is 1. The van der Waals surface area contributed by atoms with Gasteiger partial charge >= 0.3 is 0 Å². The number of carbonyl (C=O) groups is 1. The molecule has 0 saturated heterocycles. The van der Waals surface area contributed by atoms with Gasteiger partial charge in [-0.2, -0.15) is 0 Å². The molecule has 1 aliphatic rings. The van der Waals surface area contributed by atoms with Gasteiger partial charge in [0.05, 0.1) is 10.5 Å². The van der Waals surface area contributed by atoms with E-state index in [1.165, 1.54) is 12.1 Å². The normalized spacial score (nSPS) is 16.9. The molecule has 0 heterocycles. The maximum atomic E-state index is 12.3. The fourth-order valence-electron chi connectivity index (χ4n) is 2.56. The molecule has 3 N–H and O–H groups in total. The quantitative estimate of drug-likeness (QED) is 0.648. The monoisotopic (exact) mass is 341 g/mol. The van der Waals surface area contributed by atoms with Gasteiger partial charge in [-0.1, -0.05) is 28.8 Å². The predicted octanol–water partition coefficient (Wildman–Crippen LogP) is 2.36. The Morgan fingerprint density at radius 3 is 2.60 bits per heavy atom. The van der Waals surface area contributed by atoms with Gasteiger partial charge in [0.1, 0.15) is 0 Å². The van der Waals surface area contributed by atoms with Crippen LogP contribution in [0.5, 0.6) is 0 Å². The summed E-state index contributed by atoms with van der Waals surface area (Å²) in [6.07, 6.45) is 3.78. The van der Waals surface area contributed by atoms with Crippen LogP contribution in [-0.4, -0.2) is 22.9 Å². The molecule has 6 nitrogen and oxygen atoms in total. The maximum Gasteiger partial charge on any atom is 0.271 e. The van der Waals surface area contributed by atoms with Crippen molar-refractivity contribution in [1.29, 1.82) is 0 Å². The summed E-state index contributed by atoms with van der Waals surface area (Å²) >= 11 is 3.18. The molecule has 20 heavy (non-hydrogen) atoms. The van der Waals surface area contributed by atoms with E-state index >= 15 is 0 Å². The highest BCUT2D eigenvalue weighted by atomic mass is 79.9. The standard InChI is InChI=1S/C13H16BrN3O3/c14-10-5-9(6-11(7-10)17(19)20)12(18)16-13(8-15)3-1-2-4-13/h5-7H,1-4,8,15H2,(H,16,18). The number of non-ortho nitro benzene ring substituents is 1. The van der Waals surface area contributed by atoms with Crippen LogP contribution in [0.1, 0.15) is 36.0 Å². The summed E-state index contributed by atoms with van der Waals surface area (Å²) in [5, 5.41) is 13.8. The average molecular weight is 342 g/mol. The summed E-state index contributed by atoms with van der Waals surface area (Å²) in [5.74, 6) is -0.318. The van der Waals surface area contributed by atoms with E-state index in [1.54, 1.807) is 6.07 Å². The number of nitrogens with zero attached hydrogens (tertiary/aromatic N) is 1. The molecule has 1 aromatic rings. The fourth-order valence-corrected chi connectivity index (χ4v) is 3.04. The second-order valence-electron chi connectivity index (χ2n) is 5.10. The third-order valence-corrected chi connectivity index (χ3v) is 4.14. The largest absolute Gasteiger partial charge is 0.345 e. The Morgan fingerprint density at radius 2 is 2.05 bits per heavy atom. The molecular formula is C13H16BrN3O3. The number of hydrogen-bond donors (Lipinski definition) is 2. The highest BCUT2D eigenvalue weighted by Crippen LogP contribution is 2.29. The van der Waals surface area contributed by atoms with Gasteiger partial charge in [-0.05, 0) is 18.9 Å². The summed E-state index contributed by atoms with van der Waals surface area (Å²) in [6, 6.07) is 4.21. The van der Waals surface area contributed by atoms with Crippen LogP contribution in [0.25, 0.3) is 0 Å². The van der Waals surface area contributed by atoms with Gasteiger partial charge in [0, 0.05) is 28.7 Å². The van der Waals surface area contributed by atoms with E-state index in [2.05, 4.69) is 21.2 Å². The number of rotatable bonds is 4. The summed E-state index contributed by atoms with van der Waals surface area (Å²) < 4.78 is 0.505. The lowest BCUT2D eigenvalue weighted by atomic mass is 9.97. The van der Waals surface area contributed by atoms with Crippen LogP contribution in [0, 0.1) is 10.1 Å². The Labute approximate surface area is 125 Å². The van der Waals surface area contributed by atoms with Crippen molar-refractivity contribution in [2.24, 2.45) is 5.73 Å². The molecule has 0 aromatic heterocycles. The van der Waals surface area contributed by atoms with Crippen LogP contribution in [-0.2, 0) is 0 Å². The van der Waals surface area contributed by atoms with Crippen molar-refractivity contribution in [3.05, 3.63) is 38.3 Å². The summed E-state index contributed by atoms with van der Waals surface area (Å²) in [5.41, 5.74) is 5.56. The zero-order valence-corrected chi connectivity index (χ0v) is 12.5. The second kappa shape index (κ2) is 5.88. The Balaban J connectivity index is 2.22. The first-order valence-electron chi connectivity index (χ1n) is 6.43. The number of carbonyl (C=O) groups excluding carboxylic acids is 1. The van der Waals surface area contributed by atoms with Gasteiger partial charge in [0.25, 0.3) is 11.6 Å². The molecule has 1 aromatic carbocycles. The SMILES string of the molecule is NCC1(NC(=O)c2cc(Br)cc([N+](=O)[O-])c2)CCCC1. The zero-order chi connectivity index (χ0) is 14.8. The Kier molecular flexibility index (Phi) is 4.39. The van der Waals surface area contributed by atoms with Crippen molar-refractivity contribution >= 4 is 27.5 Å². The third kappa shape index (κ3) is 3.16. The summed E-state index contributed by atoms with van der Waals surface area (Å²) in [6.45, 7) is 0.384. The molecular weight excluding hydrogens is 326 g/mol. The van der Waals surface area contributed by atoms with Crippen molar-refractivity contribution in [3.63, 3.8) is 0 Å². The molecule has 0 bridgehead atoms. The second-order valence-corrected chi connectivity index (χ2v) is 6.02. The van der Waals surface area contributed by atoms with E-state index in [9.17, 15) is 14.9 Å². The number of nitro benzene ring substituents is 1. The van der Waals surface area contributed by atoms with Crippen molar-refractivity contribution in [1.82, 2.24) is 5.32 Å². The molecule has 2 rings (SSSR count). The summed E-state index contributed by atoms with van der Waals surface area (Å²) in [7, 11) is 0. The van der Waals surface area contributed by atoms with Crippen LogP contribution in [0.15, 0.2) is 22.7 Å². The molecule has 1 fully saturated rings. The van der Waals surface area contributed by atoms with Crippen molar-refractivity contribution in [2.75, 3.05) is 6.54 Å². The number of benzene rings is 1. The van der Waals surface area contributed by atoms with Crippen LogP contribution in [0.4, 0.5) is 5.69 Å². The maximum absolute atomic E-state index is 12.3. The molecule has 108 valence electrons. The topological polar surface area (TPSA) is 98.3 Å². The molecule has 7 heteroatoms. The first-order valence-corrected chi connectivity index (χ1v) is 7.23. The van der Waals surface area contributed by atoms with Crippen LogP contribution < -0.4 is 11.1 Å². The number of nitrogens with one attached hydrogen (secondary N) is 1. The predicted molar refractivity (Wildman–Crippen MR) is 78.5 cm³/mol. The van der Waals surface area contributed by atoms with Gasteiger partial charge in [-0.25, -0.2) is 0 Å². The third-order valence-electron chi connectivity index (χ3n) is 3.69. The minimum absolute atomic E-state index is 0.113. The first-order chi connectivity index (χ1) is 9.46. The Hall–Kier alpha value is -1.47. The lowest BCUT2D eigenvalue weighted by molar-refractivity contribution is -0.385. The number of nitrogens with two attached hydrogens (primary N) is 1. The van der Waals surface area contributed by atoms with Crippen LogP contribution >= 0.6 is 15.9 Å². The molecule has 0 unspecified atom stereocenters. The van der Waals surface area contributed by atoms with Gasteiger partial charge < -0.3 is 11.1 Å². The molecule has 1 amide bonds. The van der Waals surface area contributed by atoms with Gasteiger partial charge in [-0.3, -0.25) is 14.9 Å². The van der Waals surface area contributed by atoms with E-state index in [0.29, 0.717) is 11.0 Å². The fraction of sp³-hybridized carbons (Fsp3) is 0.462. The minimum Gasteiger partial charge on any atom is -0.345 e. The van der Waals surface area contributed by atoms with Crippen molar-refractivity contribution < 1.29 is 9.72 Å². The zero-order valence-electron chi connectivity index (χ0n) is 10.9. The molecule has 0 spiro atoms. The number of amides is 1. The van der Waals surface area contributed by atoms with E-state index in [1.807, 2.05) is 0 Å². The van der Waals surface area contributed by atoms with Gasteiger partial charge in [0.2, 0.25) is 0 Å². The Bertz CT molecular complexity index is 542. The molecule has 0 radical (unpaired) electrons. The summed E-state index contributed by atoms with van der Waals surface area (Å²) in [4.78, 5) is 22.6. The van der Waals surface area contributed by atoms with E-state index in [-0.39, 0.29) is 22.7 Å². The van der Waals surface area contributed by atoms with Crippen LogP contribution in [0.3, 0.4) is 0 Å². The lowest BCUT2D eigenvalue weighted by Gasteiger charge is -2.28. The first kappa shape index (κ1) is 14.9. The lowest BCUT2D eigenvalue weighted by Crippen LogP contribution is -2.51. The molecule has 1 aliphatic carbocycles. The highest BCUT2D eigenvalue weighted by molar-refractivity contribution is 9.10. The highest BCUT2D eigenvalue weighted by Gasteiger charge is 2.34. The average Bonchev–Trinajstić information content (AvgIpc) is 2.87. The van der Waals surface area contributed by atoms with E-state index < -0.39 is 4.92 Å². The number of hydrogen-bond acceptors (Lipinski definition) is 4. The van der Waals surface area contributed by atoms with E-state index in [0.717, 1.165) is 25.7 Å². The Morgan fingerprint density at radius 1 is 1.40 bits per heavy atom. The van der Waals surface area contributed by atoms with Crippen molar-refractivity contribution in [2.45, 2.75) is 31.2 Å². The van der Waals surface area contributed by atoms with Crippen molar-refractivity contribution in [3.8, 4) is 0 Å². The smallest absolute Gasteiger partial charge is 0.271 e. The van der Waals surface area contributed by atoms with Gasteiger partial charge in [-0.15, -0.1) is 0 Å². The molecule has 0 atom stereocenters. The molecule has 0 aliphatic heterocycles. The molecule has 1 saturated carbocycles. The van der Waals surface area contributed by atoms with E-state index in [4.69, 9.17) is 5.73 Å². The van der Waals surface area contributed by atoms with Gasteiger partial charge in [0.15, 0.2) is 0 Å². The van der Waals surface area contributed by atoms with Crippen LogP contribution in [0.2, 0.25) is 0 Å².